The molecule has 39 heavy (non-hydrogen) atoms. The average Bonchev–Trinajstić information content (AvgIpc) is 3.35. The van der Waals surface area contributed by atoms with E-state index < -0.39 is 53.8 Å². The molecule has 0 bridgehead atoms. The number of thioether (sulfide) groups is 1. The summed E-state index contributed by atoms with van der Waals surface area (Å²) < 4.78 is 54.9. The van der Waals surface area contributed by atoms with Crippen LogP contribution in [0.3, 0.4) is 0 Å². The Morgan fingerprint density at radius 2 is 1.90 bits per heavy atom. The third-order valence-corrected chi connectivity index (χ3v) is 6.89. The normalized spacial score (nSPS) is 14.6. The van der Waals surface area contributed by atoms with Gasteiger partial charge in [-0.1, -0.05) is 17.0 Å². The van der Waals surface area contributed by atoms with Crippen molar-refractivity contribution in [2.24, 2.45) is 0 Å². The van der Waals surface area contributed by atoms with Gasteiger partial charge in [0.15, 0.2) is 17.5 Å². The molecule has 0 saturated carbocycles. The molecule has 0 spiro atoms. The summed E-state index contributed by atoms with van der Waals surface area (Å²) in [6.45, 7) is 0.967. The van der Waals surface area contributed by atoms with Crippen molar-refractivity contribution in [2.75, 3.05) is 13.2 Å². The number of ether oxygens (including phenoxy) is 2. The fourth-order valence-electron chi connectivity index (χ4n) is 3.35. The minimum absolute atomic E-state index is 0.0245. The van der Waals surface area contributed by atoms with E-state index in [2.05, 4.69) is 31.2 Å². The summed E-state index contributed by atoms with van der Waals surface area (Å²) in [7, 11) is 0. The van der Waals surface area contributed by atoms with Crippen LogP contribution in [-0.2, 0) is 20.8 Å². The van der Waals surface area contributed by atoms with Crippen molar-refractivity contribution in [3.8, 4) is 11.3 Å². The second kappa shape index (κ2) is 14.7. The molecule has 10 nitrogen and oxygen atoms in total. The number of carboxylic acids is 1. The van der Waals surface area contributed by atoms with E-state index >= 15 is 0 Å². The van der Waals surface area contributed by atoms with Gasteiger partial charge in [-0.3, -0.25) is 9.78 Å². The van der Waals surface area contributed by atoms with Crippen molar-refractivity contribution in [1.29, 1.82) is 0 Å². The predicted molar refractivity (Wildman–Crippen MR) is 137 cm³/mol. The monoisotopic (exact) mass is 634 g/mol. The van der Waals surface area contributed by atoms with Gasteiger partial charge in [0.25, 0.3) is 0 Å². The molecule has 0 radical (unpaired) electrons. The van der Waals surface area contributed by atoms with E-state index in [1.165, 1.54) is 29.6 Å². The molecule has 2 unspecified atom stereocenters. The summed E-state index contributed by atoms with van der Waals surface area (Å²) >= 11 is 4.54. The maximum atomic E-state index is 13.7. The topological polar surface area (TPSA) is 140 Å². The first kappa shape index (κ1) is 31.0. The molecule has 0 aliphatic carbocycles. The molecule has 0 saturated heterocycles. The molecule has 0 aliphatic heterocycles. The smallest absolute Gasteiger partial charge is 0.303 e. The molecule has 0 amide bonds. The zero-order chi connectivity index (χ0) is 28.5. The van der Waals surface area contributed by atoms with Crippen LogP contribution in [0.2, 0.25) is 0 Å². The maximum absolute atomic E-state index is 13.7. The fourth-order valence-corrected chi connectivity index (χ4v) is 4.96. The molecule has 3 aromatic rings. The zero-order valence-electron chi connectivity index (χ0n) is 20.6. The number of hydrogen-bond acceptors (Lipinski definition) is 9. The van der Waals surface area contributed by atoms with Crippen LogP contribution in [-0.4, -0.2) is 78.2 Å². The molecule has 15 heteroatoms. The highest BCUT2D eigenvalue weighted by Gasteiger charge is 2.30. The van der Waals surface area contributed by atoms with Gasteiger partial charge in [0, 0.05) is 40.4 Å². The molecule has 2 heterocycles. The number of aromatic nitrogens is 4. The lowest BCUT2D eigenvalue weighted by molar-refractivity contribution is -0.138. The summed E-state index contributed by atoms with van der Waals surface area (Å²) in [6.07, 6.45) is 1.74. The number of halogens is 4. The van der Waals surface area contributed by atoms with Crippen LogP contribution in [0.15, 0.2) is 46.2 Å². The molecule has 212 valence electrons. The highest BCUT2D eigenvalue weighted by atomic mass is 79.9. The van der Waals surface area contributed by atoms with Crippen LogP contribution in [0.4, 0.5) is 13.2 Å². The summed E-state index contributed by atoms with van der Waals surface area (Å²) in [5.74, 6) is -5.34. The van der Waals surface area contributed by atoms with Crippen LogP contribution in [0.1, 0.15) is 19.8 Å². The van der Waals surface area contributed by atoms with Gasteiger partial charge in [0.1, 0.15) is 23.3 Å². The van der Waals surface area contributed by atoms with E-state index in [1.54, 1.807) is 18.5 Å². The van der Waals surface area contributed by atoms with Crippen molar-refractivity contribution in [3.63, 3.8) is 0 Å². The number of aliphatic carboxylic acids is 1. The first-order valence-electron chi connectivity index (χ1n) is 11.7. The Hall–Kier alpha value is -2.56. The van der Waals surface area contributed by atoms with E-state index in [0.29, 0.717) is 9.37 Å². The van der Waals surface area contributed by atoms with E-state index in [4.69, 9.17) is 14.6 Å². The standard InChI is InChI=1S/C24H26BrF3N4O6S/c1-13(34)21(12-33)38-24(39-16-7-15(25)8-29-9-16)20(37-4-2-3-22(35)36)11-32-10-19(30-31-32)14-5-17(26)23(28)18(27)6-14/h5-10,13,20-21,24,33-34H,2-4,11-12H2,1H3,(H,35,36)/t13-,20+,21?,24?/m1/s1. The number of carboxylic acid groups (broad SMARTS) is 1. The largest absolute Gasteiger partial charge is 0.481 e. The molecular formula is C24H26BrF3N4O6S. The molecular weight excluding hydrogens is 609 g/mol. The SMILES string of the molecule is C[C@@H](O)C(CO)OC(Sc1cncc(Br)c1)[C@H](Cn1cc(-c2cc(F)c(F)c(F)c2)nn1)OCCCC(=O)O. The number of nitrogens with zero attached hydrogens (tertiary/aromatic N) is 4. The fraction of sp³-hybridized carbons (Fsp3) is 0.417. The van der Waals surface area contributed by atoms with Gasteiger partial charge in [-0.25, -0.2) is 17.9 Å². The van der Waals surface area contributed by atoms with Crippen LogP contribution < -0.4 is 0 Å². The quantitative estimate of drug-likeness (QED) is 0.0982. The van der Waals surface area contributed by atoms with Crippen molar-refractivity contribution in [1.82, 2.24) is 20.0 Å². The average molecular weight is 635 g/mol. The predicted octanol–water partition coefficient (Wildman–Crippen LogP) is 3.65. The molecule has 1 aromatic carbocycles. The van der Waals surface area contributed by atoms with E-state index in [1.807, 2.05) is 0 Å². The summed E-state index contributed by atoms with van der Waals surface area (Å²) in [5, 5.41) is 36.7. The number of hydrogen-bond donors (Lipinski definition) is 3. The molecule has 3 rings (SSSR count). The number of benzene rings is 1. The van der Waals surface area contributed by atoms with Gasteiger partial charge in [-0.05, 0) is 47.5 Å². The first-order valence-corrected chi connectivity index (χ1v) is 13.3. The summed E-state index contributed by atoms with van der Waals surface area (Å²) in [4.78, 5) is 15.7. The Morgan fingerprint density at radius 1 is 1.18 bits per heavy atom. The van der Waals surface area contributed by atoms with Crippen LogP contribution in [0.5, 0.6) is 0 Å². The van der Waals surface area contributed by atoms with Gasteiger partial charge in [0.2, 0.25) is 0 Å². The number of pyridine rings is 1. The summed E-state index contributed by atoms with van der Waals surface area (Å²) in [5.41, 5.74) is -0.838. The minimum atomic E-state index is -1.60. The maximum Gasteiger partial charge on any atom is 0.303 e. The zero-order valence-corrected chi connectivity index (χ0v) is 23.0. The van der Waals surface area contributed by atoms with Crippen molar-refractivity contribution >= 4 is 33.7 Å². The molecule has 4 atom stereocenters. The Morgan fingerprint density at radius 3 is 2.51 bits per heavy atom. The van der Waals surface area contributed by atoms with Crippen molar-refractivity contribution in [3.05, 3.63) is 58.7 Å². The third-order valence-electron chi connectivity index (χ3n) is 5.31. The van der Waals surface area contributed by atoms with Gasteiger partial charge in [0.05, 0.1) is 25.5 Å². The Balaban J connectivity index is 1.90. The highest BCUT2D eigenvalue weighted by molar-refractivity contribution is 9.10. The van der Waals surface area contributed by atoms with Gasteiger partial charge in [-0.2, -0.15) is 0 Å². The van der Waals surface area contributed by atoms with E-state index in [0.717, 1.165) is 12.1 Å². The molecule has 3 N–H and O–H groups in total. The van der Waals surface area contributed by atoms with Crippen molar-refractivity contribution < 1.29 is 42.8 Å². The van der Waals surface area contributed by atoms with Crippen LogP contribution in [0, 0.1) is 17.5 Å². The number of aliphatic hydroxyl groups excluding tert-OH is 2. The summed E-state index contributed by atoms with van der Waals surface area (Å²) in [6, 6.07) is 3.36. The van der Waals surface area contributed by atoms with Gasteiger partial charge in [-0.15, -0.1) is 5.10 Å². The second-order valence-electron chi connectivity index (χ2n) is 8.41. The lowest BCUT2D eigenvalue weighted by atomic mass is 10.1. The number of rotatable bonds is 15. The number of aliphatic hydroxyl groups is 2. The minimum Gasteiger partial charge on any atom is -0.481 e. The highest BCUT2D eigenvalue weighted by Crippen LogP contribution is 2.31. The van der Waals surface area contributed by atoms with Crippen molar-refractivity contribution in [2.45, 2.75) is 55.0 Å². The lowest BCUT2D eigenvalue weighted by Gasteiger charge is -2.31. The second-order valence-corrected chi connectivity index (χ2v) is 10.5. The van der Waals surface area contributed by atoms with Crippen LogP contribution in [0.25, 0.3) is 11.3 Å². The van der Waals surface area contributed by atoms with Crippen LogP contribution >= 0.6 is 27.7 Å². The third kappa shape index (κ3) is 9.25. The molecule has 2 aromatic heterocycles. The van der Waals surface area contributed by atoms with Gasteiger partial charge < -0.3 is 24.8 Å². The molecule has 0 fully saturated rings. The molecule has 0 aliphatic rings. The Bertz CT molecular complexity index is 1230. The van der Waals surface area contributed by atoms with E-state index in [-0.39, 0.29) is 37.3 Å². The van der Waals surface area contributed by atoms with Gasteiger partial charge >= 0.3 is 5.97 Å². The Kier molecular flexibility index (Phi) is 11.7. The first-order chi connectivity index (χ1) is 18.6. The number of carbonyl (C=O) groups is 1. The van der Waals surface area contributed by atoms with E-state index in [9.17, 15) is 28.2 Å². The Labute approximate surface area is 234 Å². The lowest BCUT2D eigenvalue weighted by Crippen LogP contribution is -2.41.